The van der Waals surface area contributed by atoms with Crippen LogP contribution in [0.1, 0.15) is 39.5 Å². The van der Waals surface area contributed by atoms with Gasteiger partial charge in [0.05, 0.1) is 0 Å². The lowest BCUT2D eigenvalue weighted by Crippen LogP contribution is -2.23. The minimum atomic E-state index is 0.152. The number of unbranched alkanes of at least 4 members (excludes halogenated alkanes) is 2. The highest BCUT2D eigenvalue weighted by atomic mass is 32.1. The molecule has 0 amide bonds. The summed E-state index contributed by atoms with van der Waals surface area (Å²) < 4.78 is 0. The predicted molar refractivity (Wildman–Crippen MR) is 63.1 cm³/mol. The van der Waals surface area contributed by atoms with Crippen molar-refractivity contribution in [3.05, 3.63) is 24.3 Å². The van der Waals surface area contributed by atoms with E-state index in [1.807, 2.05) is 6.08 Å². The summed E-state index contributed by atoms with van der Waals surface area (Å²) in [6.45, 7) is 4.47. The van der Waals surface area contributed by atoms with E-state index in [0.717, 1.165) is 4.86 Å². The number of thiocarbonyl (C=S) groups is 1. The zero-order valence-electron chi connectivity index (χ0n) is 8.55. The zero-order chi connectivity index (χ0) is 9.73. The van der Waals surface area contributed by atoms with Crippen LogP contribution in [0.25, 0.3) is 0 Å². The third kappa shape index (κ3) is 2.77. The smallest absolute Gasteiger partial charge is 0.0249 e. The number of allylic oxidation sites excluding steroid dienone is 4. The van der Waals surface area contributed by atoms with Gasteiger partial charge in [-0.15, -0.1) is 0 Å². The van der Waals surface area contributed by atoms with Crippen molar-refractivity contribution in [3.63, 3.8) is 0 Å². The summed E-state index contributed by atoms with van der Waals surface area (Å²) >= 11 is 5.35. The molecule has 0 N–H and O–H groups in total. The Bertz CT molecular complexity index is 238. The maximum Gasteiger partial charge on any atom is 0.0249 e. The molecule has 0 aromatic carbocycles. The first-order chi connectivity index (χ1) is 6.19. The van der Waals surface area contributed by atoms with Crippen molar-refractivity contribution < 1.29 is 0 Å². The topological polar surface area (TPSA) is 0 Å². The van der Waals surface area contributed by atoms with Crippen molar-refractivity contribution in [1.82, 2.24) is 0 Å². The largest absolute Gasteiger partial charge is 0.0840 e. The highest BCUT2D eigenvalue weighted by molar-refractivity contribution is 7.80. The molecule has 1 aliphatic carbocycles. The maximum atomic E-state index is 5.35. The molecule has 0 saturated heterocycles. The molecule has 1 atom stereocenters. The second-order valence-electron chi connectivity index (χ2n) is 3.96. The highest BCUT2D eigenvalue weighted by Gasteiger charge is 2.25. The molecule has 0 bridgehead atoms. The lowest BCUT2D eigenvalue weighted by Gasteiger charge is -2.27. The van der Waals surface area contributed by atoms with Crippen molar-refractivity contribution in [1.29, 1.82) is 0 Å². The average molecular weight is 194 g/mol. The molecule has 72 valence electrons. The first-order valence-electron chi connectivity index (χ1n) is 5.09. The Morgan fingerprint density at radius 1 is 1.31 bits per heavy atom. The average Bonchev–Trinajstić information content (AvgIpc) is 2.11. The summed E-state index contributed by atoms with van der Waals surface area (Å²) in [7, 11) is 0. The molecule has 0 aliphatic heterocycles. The van der Waals surface area contributed by atoms with E-state index in [1.54, 1.807) is 0 Å². The van der Waals surface area contributed by atoms with Crippen LogP contribution in [-0.2, 0) is 0 Å². The van der Waals surface area contributed by atoms with Crippen LogP contribution in [-0.4, -0.2) is 4.86 Å². The zero-order valence-corrected chi connectivity index (χ0v) is 9.36. The molecule has 1 heteroatoms. The molecular weight excluding hydrogens is 176 g/mol. The van der Waals surface area contributed by atoms with Crippen LogP contribution in [0.4, 0.5) is 0 Å². The second-order valence-corrected chi connectivity index (χ2v) is 4.40. The standard InChI is InChI=1S/C12H18S/c1-3-4-6-9-12(2)10-7-5-8-11(12)13/h5,7-8,10H,3-4,6,9H2,1-2H3. The minimum Gasteiger partial charge on any atom is -0.0840 e. The molecule has 1 unspecified atom stereocenters. The van der Waals surface area contributed by atoms with E-state index >= 15 is 0 Å². The van der Waals surface area contributed by atoms with E-state index in [0.29, 0.717) is 0 Å². The van der Waals surface area contributed by atoms with Crippen LogP contribution >= 0.6 is 12.2 Å². The van der Waals surface area contributed by atoms with Gasteiger partial charge in [-0.25, -0.2) is 0 Å². The number of hydrogen-bond acceptors (Lipinski definition) is 1. The number of rotatable bonds is 4. The first-order valence-corrected chi connectivity index (χ1v) is 5.50. The fraction of sp³-hybridized carbons (Fsp3) is 0.583. The fourth-order valence-electron chi connectivity index (χ4n) is 1.63. The van der Waals surface area contributed by atoms with Gasteiger partial charge in [-0.05, 0) is 12.5 Å². The van der Waals surface area contributed by atoms with E-state index in [9.17, 15) is 0 Å². The molecule has 0 radical (unpaired) electrons. The molecule has 0 nitrogen and oxygen atoms in total. The van der Waals surface area contributed by atoms with E-state index in [-0.39, 0.29) is 5.41 Å². The minimum absolute atomic E-state index is 0.152. The first kappa shape index (κ1) is 10.6. The van der Waals surface area contributed by atoms with Gasteiger partial charge < -0.3 is 0 Å². The Labute approximate surface area is 86.7 Å². The van der Waals surface area contributed by atoms with Gasteiger partial charge in [0.1, 0.15) is 0 Å². The van der Waals surface area contributed by atoms with Crippen LogP contribution < -0.4 is 0 Å². The van der Waals surface area contributed by atoms with Gasteiger partial charge in [0.25, 0.3) is 0 Å². The van der Waals surface area contributed by atoms with Crippen LogP contribution in [0.3, 0.4) is 0 Å². The van der Waals surface area contributed by atoms with E-state index in [4.69, 9.17) is 12.2 Å². The lowest BCUT2D eigenvalue weighted by atomic mass is 9.79. The predicted octanol–water partition coefficient (Wildman–Crippen LogP) is 4.07. The van der Waals surface area contributed by atoms with Crippen molar-refractivity contribution in [3.8, 4) is 0 Å². The van der Waals surface area contributed by atoms with Gasteiger partial charge in [0.15, 0.2) is 0 Å². The van der Waals surface area contributed by atoms with Crippen LogP contribution in [0.5, 0.6) is 0 Å². The summed E-state index contributed by atoms with van der Waals surface area (Å²) in [6, 6.07) is 0. The third-order valence-electron chi connectivity index (χ3n) is 2.69. The molecule has 0 aromatic heterocycles. The normalized spacial score (nSPS) is 26.8. The molecule has 1 aliphatic rings. The second kappa shape index (κ2) is 4.71. The van der Waals surface area contributed by atoms with Crippen molar-refractivity contribution in [2.24, 2.45) is 5.41 Å². The summed E-state index contributed by atoms with van der Waals surface area (Å²) in [4.78, 5) is 1.09. The molecule has 0 heterocycles. The van der Waals surface area contributed by atoms with E-state index in [1.165, 1.54) is 25.7 Å². The quantitative estimate of drug-likeness (QED) is 0.480. The Hall–Kier alpha value is -0.430. The van der Waals surface area contributed by atoms with Gasteiger partial charge in [0.2, 0.25) is 0 Å². The molecule has 1 rings (SSSR count). The molecule has 0 fully saturated rings. The van der Waals surface area contributed by atoms with Crippen LogP contribution in [0.15, 0.2) is 24.3 Å². The molecule has 0 spiro atoms. The van der Waals surface area contributed by atoms with Crippen molar-refractivity contribution in [2.75, 3.05) is 0 Å². The van der Waals surface area contributed by atoms with E-state index < -0.39 is 0 Å². The monoisotopic (exact) mass is 194 g/mol. The van der Waals surface area contributed by atoms with Crippen molar-refractivity contribution in [2.45, 2.75) is 39.5 Å². The van der Waals surface area contributed by atoms with Gasteiger partial charge in [0, 0.05) is 10.3 Å². The Balaban J connectivity index is 2.50. The molecule has 0 saturated carbocycles. The number of hydrogen-bond donors (Lipinski definition) is 0. The van der Waals surface area contributed by atoms with Gasteiger partial charge in [-0.2, -0.15) is 0 Å². The van der Waals surface area contributed by atoms with Crippen molar-refractivity contribution >= 4 is 17.1 Å². The Morgan fingerprint density at radius 2 is 2.08 bits per heavy atom. The highest BCUT2D eigenvalue weighted by Crippen LogP contribution is 2.31. The fourth-order valence-corrected chi connectivity index (χ4v) is 1.88. The van der Waals surface area contributed by atoms with Crippen LogP contribution in [0, 0.1) is 5.41 Å². The molecular formula is C12H18S. The van der Waals surface area contributed by atoms with Gasteiger partial charge in [-0.3, -0.25) is 0 Å². The molecule has 0 aromatic rings. The SMILES string of the molecule is CCCCCC1(C)C=CC=CC1=S. The summed E-state index contributed by atoms with van der Waals surface area (Å²) in [6.07, 6.45) is 13.5. The summed E-state index contributed by atoms with van der Waals surface area (Å²) in [5.41, 5.74) is 0.152. The Kier molecular flexibility index (Phi) is 3.86. The maximum absolute atomic E-state index is 5.35. The summed E-state index contributed by atoms with van der Waals surface area (Å²) in [5, 5.41) is 0. The van der Waals surface area contributed by atoms with Gasteiger partial charge in [-0.1, -0.05) is 63.6 Å². The van der Waals surface area contributed by atoms with Gasteiger partial charge >= 0.3 is 0 Å². The molecule has 13 heavy (non-hydrogen) atoms. The summed E-state index contributed by atoms with van der Waals surface area (Å²) in [5.74, 6) is 0. The van der Waals surface area contributed by atoms with E-state index in [2.05, 4.69) is 32.1 Å². The Morgan fingerprint density at radius 3 is 2.69 bits per heavy atom. The lowest BCUT2D eigenvalue weighted by molar-refractivity contribution is 0.502. The third-order valence-corrected chi connectivity index (χ3v) is 3.29. The van der Waals surface area contributed by atoms with Crippen LogP contribution in [0.2, 0.25) is 0 Å².